The quantitative estimate of drug-likeness (QED) is 0.848. The maximum atomic E-state index is 12.3. The lowest BCUT2D eigenvalue weighted by Crippen LogP contribution is -2.32. The van der Waals surface area contributed by atoms with Crippen molar-refractivity contribution in [3.8, 4) is 0 Å². The van der Waals surface area contributed by atoms with E-state index in [1.807, 2.05) is 7.05 Å². The van der Waals surface area contributed by atoms with E-state index in [1.165, 1.54) is 30.6 Å². The van der Waals surface area contributed by atoms with Gasteiger partial charge < -0.3 is 20.9 Å². The normalized spacial score (nSPS) is 15.4. The maximum absolute atomic E-state index is 12.3. The molecule has 1 aliphatic heterocycles. The third-order valence-electron chi connectivity index (χ3n) is 3.51. The average Bonchev–Trinajstić information content (AvgIpc) is 2.87. The van der Waals surface area contributed by atoms with Crippen molar-refractivity contribution in [1.29, 1.82) is 0 Å². The first-order valence-corrected chi connectivity index (χ1v) is 7.86. The Bertz CT molecular complexity index is 456. The molecular weight excluding hydrogens is 274 g/mol. The fourth-order valence-corrected chi connectivity index (χ4v) is 3.28. The summed E-state index contributed by atoms with van der Waals surface area (Å²) >= 11 is 1.41. The predicted molar refractivity (Wildman–Crippen MR) is 83.5 cm³/mol. The highest BCUT2D eigenvalue weighted by molar-refractivity contribution is 7.18. The SMILES string of the molecule is CNCCN(C)C(=O)c1sc(N2CCCCC2)nc1N. The fourth-order valence-electron chi connectivity index (χ4n) is 2.25. The minimum atomic E-state index is -0.0430. The van der Waals surface area contributed by atoms with Gasteiger partial charge in [0.1, 0.15) is 10.7 Å². The fraction of sp³-hybridized carbons (Fsp3) is 0.692. The van der Waals surface area contributed by atoms with E-state index in [1.54, 1.807) is 11.9 Å². The highest BCUT2D eigenvalue weighted by Crippen LogP contribution is 2.30. The van der Waals surface area contributed by atoms with Crippen LogP contribution in [0.15, 0.2) is 0 Å². The lowest BCUT2D eigenvalue weighted by Gasteiger charge is -2.25. The monoisotopic (exact) mass is 297 g/mol. The lowest BCUT2D eigenvalue weighted by molar-refractivity contribution is 0.0802. The van der Waals surface area contributed by atoms with E-state index in [0.29, 0.717) is 17.2 Å². The van der Waals surface area contributed by atoms with Crippen molar-refractivity contribution in [3.63, 3.8) is 0 Å². The zero-order valence-electron chi connectivity index (χ0n) is 12.2. The highest BCUT2D eigenvalue weighted by atomic mass is 32.1. The number of nitrogens with two attached hydrogens (primary N) is 1. The van der Waals surface area contributed by atoms with Crippen LogP contribution < -0.4 is 16.0 Å². The van der Waals surface area contributed by atoms with Crippen molar-refractivity contribution in [3.05, 3.63) is 4.88 Å². The van der Waals surface area contributed by atoms with Gasteiger partial charge in [-0.3, -0.25) is 4.79 Å². The molecule has 1 saturated heterocycles. The second kappa shape index (κ2) is 6.90. The number of nitrogens with zero attached hydrogens (tertiary/aromatic N) is 3. The molecule has 2 heterocycles. The number of carbonyl (C=O) groups excluding carboxylic acids is 1. The van der Waals surface area contributed by atoms with E-state index in [2.05, 4.69) is 15.2 Å². The number of nitrogen functional groups attached to an aromatic ring is 1. The van der Waals surface area contributed by atoms with Gasteiger partial charge in [-0.1, -0.05) is 11.3 Å². The number of likely N-dealkylation sites (N-methyl/N-ethyl adjacent to an activating group) is 2. The van der Waals surface area contributed by atoms with Gasteiger partial charge in [0.2, 0.25) is 0 Å². The third kappa shape index (κ3) is 3.40. The molecule has 0 aromatic carbocycles. The Balaban J connectivity index is 2.08. The van der Waals surface area contributed by atoms with Crippen LogP contribution in [0.3, 0.4) is 0 Å². The maximum Gasteiger partial charge on any atom is 0.267 e. The number of carbonyl (C=O) groups is 1. The van der Waals surface area contributed by atoms with E-state index in [0.717, 1.165) is 24.8 Å². The number of amides is 1. The summed E-state index contributed by atoms with van der Waals surface area (Å²) in [6.45, 7) is 3.44. The molecule has 20 heavy (non-hydrogen) atoms. The van der Waals surface area contributed by atoms with Gasteiger partial charge in [-0.2, -0.15) is 0 Å². The number of nitrogens with one attached hydrogen (secondary N) is 1. The summed E-state index contributed by atoms with van der Waals surface area (Å²) < 4.78 is 0. The molecule has 7 heteroatoms. The van der Waals surface area contributed by atoms with Crippen LogP contribution >= 0.6 is 11.3 Å². The first-order chi connectivity index (χ1) is 9.63. The predicted octanol–water partition coefficient (Wildman–Crippen LogP) is 1.01. The number of aromatic nitrogens is 1. The Morgan fingerprint density at radius 3 is 2.80 bits per heavy atom. The van der Waals surface area contributed by atoms with Gasteiger partial charge in [-0.25, -0.2) is 4.98 Å². The Kier molecular flexibility index (Phi) is 5.19. The molecular formula is C13H23N5OS. The Morgan fingerprint density at radius 1 is 1.45 bits per heavy atom. The van der Waals surface area contributed by atoms with Crippen LogP contribution in [0.4, 0.5) is 10.9 Å². The van der Waals surface area contributed by atoms with Gasteiger partial charge in [-0.05, 0) is 26.3 Å². The van der Waals surface area contributed by atoms with Crippen LogP contribution in [0.1, 0.15) is 28.9 Å². The molecule has 0 atom stereocenters. The van der Waals surface area contributed by atoms with Crippen LogP contribution in [0.5, 0.6) is 0 Å². The highest BCUT2D eigenvalue weighted by Gasteiger charge is 2.22. The van der Waals surface area contributed by atoms with Crippen LogP contribution in [0.2, 0.25) is 0 Å². The molecule has 0 spiro atoms. The smallest absolute Gasteiger partial charge is 0.267 e. The van der Waals surface area contributed by atoms with Gasteiger partial charge in [-0.15, -0.1) is 0 Å². The lowest BCUT2D eigenvalue weighted by atomic mass is 10.1. The second-order valence-corrected chi connectivity index (χ2v) is 6.07. The molecule has 1 aromatic heterocycles. The van der Waals surface area contributed by atoms with Gasteiger partial charge in [0.15, 0.2) is 5.13 Å². The minimum absolute atomic E-state index is 0.0430. The summed E-state index contributed by atoms with van der Waals surface area (Å²) in [5, 5.41) is 3.91. The molecule has 1 fully saturated rings. The Morgan fingerprint density at radius 2 is 2.15 bits per heavy atom. The number of piperidine rings is 1. The summed E-state index contributed by atoms with van der Waals surface area (Å²) in [7, 11) is 3.66. The molecule has 1 aliphatic rings. The van der Waals surface area contributed by atoms with Crippen molar-refractivity contribution >= 4 is 28.2 Å². The number of anilines is 2. The van der Waals surface area contributed by atoms with Crippen molar-refractivity contribution < 1.29 is 4.79 Å². The van der Waals surface area contributed by atoms with Crippen LogP contribution in [-0.2, 0) is 0 Å². The average molecular weight is 297 g/mol. The van der Waals surface area contributed by atoms with Crippen molar-refractivity contribution in [1.82, 2.24) is 15.2 Å². The summed E-state index contributed by atoms with van der Waals surface area (Å²) in [4.78, 5) is 21.2. The van der Waals surface area contributed by atoms with Crippen molar-refractivity contribution in [2.45, 2.75) is 19.3 Å². The van der Waals surface area contributed by atoms with E-state index in [4.69, 9.17) is 5.73 Å². The van der Waals surface area contributed by atoms with Crippen LogP contribution in [0, 0.1) is 0 Å². The second-order valence-electron chi connectivity index (χ2n) is 5.09. The zero-order valence-corrected chi connectivity index (χ0v) is 13.0. The molecule has 3 N–H and O–H groups in total. The number of thiazole rings is 1. The first-order valence-electron chi connectivity index (χ1n) is 7.04. The van der Waals surface area contributed by atoms with Crippen LogP contribution in [-0.4, -0.2) is 56.1 Å². The number of rotatable bonds is 5. The van der Waals surface area contributed by atoms with E-state index in [-0.39, 0.29) is 5.91 Å². The van der Waals surface area contributed by atoms with Gasteiger partial charge >= 0.3 is 0 Å². The summed E-state index contributed by atoms with van der Waals surface area (Å²) in [6, 6.07) is 0. The molecule has 0 aliphatic carbocycles. The van der Waals surface area contributed by atoms with Crippen molar-refractivity contribution in [2.75, 3.05) is 50.9 Å². The van der Waals surface area contributed by atoms with Crippen LogP contribution in [0.25, 0.3) is 0 Å². The summed E-state index contributed by atoms with van der Waals surface area (Å²) in [5.41, 5.74) is 5.92. The molecule has 1 aromatic rings. The van der Waals surface area contributed by atoms with E-state index < -0.39 is 0 Å². The standard InChI is InChI=1S/C13H23N5OS/c1-15-6-9-17(2)12(19)10-11(14)16-13(20-10)18-7-4-3-5-8-18/h15H,3-9,14H2,1-2H3. The Labute approximate surface area is 124 Å². The summed E-state index contributed by atoms with van der Waals surface area (Å²) in [6.07, 6.45) is 3.64. The van der Waals surface area contributed by atoms with E-state index in [9.17, 15) is 4.79 Å². The molecule has 6 nitrogen and oxygen atoms in total. The largest absolute Gasteiger partial charge is 0.382 e. The van der Waals surface area contributed by atoms with Gasteiger partial charge in [0, 0.05) is 33.2 Å². The molecule has 0 saturated carbocycles. The first kappa shape index (κ1) is 15.1. The zero-order chi connectivity index (χ0) is 14.5. The molecule has 0 radical (unpaired) electrons. The van der Waals surface area contributed by atoms with E-state index >= 15 is 0 Å². The molecule has 1 amide bonds. The van der Waals surface area contributed by atoms with Gasteiger partial charge in [0.05, 0.1) is 0 Å². The molecule has 112 valence electrons. The number of hydrogen-bond donors (Lipinski definition) is 2. The van der Waals surface area contributed by atoms with Gasteiger partial charge in [0.25, 0.3) is 5.91 Å². The molecule has 0 unspecified atom stereocenters. The third-order valence-corrected chi connectivity index (χ3v) is 4.63. The number of hydrogen-bond acceptors (Lipinski definition) is 6. The Hall–Kier alpha value is -1.34. The minimum Gasteiger partial charge on any atom is -0.382 e. The molecule has 0 bridgehead atoms. The topological polar surface area (TPSA) is 74.5 Å². The summed E-state index contributed by atoms with van der Waals surface area (Å²) in [5.74, 6) is 0.315. The van der Waals surface area contributed by atoms with Crippen molar-refractivity contribution in [2.24, 2.45) is 0 Å². The molecule has 2 rings (SSSR count).